The fraction of sp³-hybridized carbons (Fsp3) is 0.464. The van der Waals surface area contributed by atoms with Crippen LogP contribution in [-0.2, 0) is 0 Å². The Labute approximate surface area is 197 Å². The predicted octanol–water partition coefficient (Wildman–Crippen LogP) is 4.83. The molecule has 2 heterocycles. The zero-order valence-electron chi connectivity index (χ0n) is 20.0. The van der Waals surface area contributed by atoms with Crippen LogP contribution in [0.25, 0.3) is 5.57 Å². The van der Waals surface area contributed by atoms with Crippen LogP contribution in [0.2, 0.25) is 0 Å². The summed E-state index contributed by atoms with van der Waals surface area (Å²) in [6, 6.07) is 15.8. The first-order chi connectivity index (χ1) is 16.1. The molecule has 1 aliphatic carbocycles. The summed E-state index contributed by atoms with van der Waals surface area (Å²) < 4.78 is 0. The Morgan fingerprint density at radius 1 is 1.15 bits per heavy atom. The highest BCUT2D eigenvalue weighted by molar-refractivity contribution is 5.94. The van der Waals surface area contributed by atoms with E-state index in [1.165, 1.54) is 35.2 Å². The average Bonchev–Trinajstić information content (AvgIpc) is 3.70. The van der Waals surface area contributed by atoms with E-state index in [0.717, 1.165) is 37.7 Å². The lowest BCUT2D eigenvalue weighted by atomic mass is 9.79. The van der Waals surface area contributed by atoms with E-state index >= 15 is 0 Å². The van der Waals surface area contributed by atoms with Gasteiger partial charge in [0.1, 0.15) is 0 Å². The van der Waals surface area contributed by atoms with Gasteiger partial charge in [-0.05, 0) is 91.7 Å². The first kappa shape index (κ1) is 22.0. The molecule has 2 aliphatic heterocycles. The molecular weight excluding hydrogens is 408 g/mol. The van der Waals surface area contributed by atoms with E-state index in [0.29, 0.717) is 17.5 Å². The van der Waals surface area contributed by atoms with E-state index in [1.54, 1.807) is 7.05 Å². The van der Waals surface area contributed by atoms with Crippen LogP contribution in [0.3, 0.4) is 0 Å². The standard InChI is InChI=1S/C28H36N4O/c1-4-32-25-12-9-22(19-13-15-30-16-14-19)17-24(25)26(18(2)27(32)20-5-6-20)31-23-10-7-21(8-11-23)28(33)29-3/h7-13,17-18,20,26-27,30-31H,4-6,14-16H2,1-3H3,(H,29,33)/t18-,26-,27-/m1/s1. The summed E-state index contributed by atoms with van der Waals surface area (Å²) >= 11 is 0. The number of benzene rings is 2. The van der Waals surface area contributed by atoms with Crippen LogP contribution in [0.4, 0.5) is 11.4 Å². The molecule has 0 unspecified atom stereocenters. The molecule has 5 nitrogen and oxygen atoms in total. The minimum Gasteiger partial charge on any atom is -0.378 e. The summed E-state index contributed by atoms with van der Waals surface area (Å²) in [6.07, 6.45) is 6.09. The van der Waals surface area contributed by atoms with E-state index in [1.807, 2.05) is 24.3 Å². The Morgan fingerprint density at radius 3 is 2.58 bits per heavy atom. The molecule has 174 valence electrons. The van der Waals surface area contributed by atoms with Crippen molar-refractivity contribution in [3.8, 4) is 0 Å². The molecule has 3 aliphatic rings. The largest absolute Gasteiger partial charge is 0.378 e. The first-order valence-electron chi connectivity index (χ1n) is 12.5. The molecule has 0 bridgehead atoms. The Morgan fingerprint density at radius 2 is 1.94 bits per heavy atom. The van der Waals surface area contributed by atoms with E-state index in [9.17, 15) is 4.79 Å². The third kappa shape index (κ3) is 4.26. The van der Waals surface area contributed by atoms with Crippen LogP contribution in [-0.4, -0.2) is 38.6 Å². The van der Waals surface area contributed by atoms with Crippen LogP contribution in [0.1, 0.15) is 60.6 Å². The Bertz CT molecular complexity index is 1040. The van der Waals surface area contributed by atoms with Crippen molar-refractivity contribution in [3.05, 3.63) is 65.2 Å². The van der Waals surface area contributed by atoms with Gasteiger partial charge in [0.15, 0.2) is 0 Å². The minimum atomic E-state index is -0.0507. The van der Waals surface area contributed by atoms with Gasteiger partial charge in [-0.15, -0.1) is 0 Å². The van der Waals surface area contributed by atoms with Gasteiger partial charge in [0.2, 0.25) is 0 Å². The van der Waals surface area contributed by atoms with Gasteiger partial charge in [-0.25, -0.2) is 0 Å². The van der Waals surface area contributed by atoms with Gasteiger partial charge in [-0.3, -0.25) is 4.79 Å². The fourth-order valence-corrected chi connectivity index (χ4v) is 5.83. The van der Waals surface area contributed by atoms with Crippen LogP contribution in [0.15, 0.2) is 48.5 Å². The van der Waals surface area contributed by atoms with Gasteiger partial charge < -0.3 is 20.9 Å². The van der Waals surface area contributed by atoms with E-state index < -0.39 is 0 Å². The molecule has 3 N–H and O–H groups in total. The number of carbonyl (C=O) groups is 1. The van der Waals surface area contributed by atoms with E-state index in [4.69, 9.17) is 0 Å². The monoisotopic (exact) mass is 444 g/mol. The summed E-state index contributed by atoms with van der Waals surface area (Å²) in [6.45, 7) is 7.75. The number of rotatable bonds is 6. The predicted molar refractivity (Wildman–Crippen MR) is 137 cm³/mol. The van der Waals surface area contributed by atoms with Crippen molar-refractivity contribution < 1.29 is 4.79 Å². The van der Waals surface area contributed by atoms with Crippen molar-refractivity contribution >= 4 is 22.9 Å². The first-order valence-corrected chi connectivity index (χ1v) is 12.5. The second-order valence-electron chi connectivity index (χ2n) is 9.71. The Kier molecular flexibility index (Phi) is 6.15. The van der Waals surface area contributed by atoms with Crippen molar-refractivity contribution in [1.82, 2.24) is 10.6 Å². The minimum absolute atomic E-state index is 0.0507. The molecule has 0 radical (unpaired) electrons. The van der Waals surface area contributed by atoms with Gasteiger partial charge >= 0.3 is 0 Å². The number of nitrogens with zero attached hydrogens (tertiary/aromatic N) is 1. The summed E-state index contributed by atoms with van der Waals surface area (Å²) in [7, 11) is 1.67. The third-order valence-electron chi connectivity index (χ3n) is 7.67. The maximum absolute atomic E-state index is 12.0. The average molecular weight is 445 g/mol. The summed E-state index contributed by atoms with van der Waals surface area (Å²) in [5.41, 5.74) is 7.33. The highest BCUT2D eigenvalue weighted by Gasteiger charge is 2.45. The molecule has 1 saturated carbocycles. The molecule has 33 heavy (non-hydrogen) atoms. The van der Waals surface area contributed by atoms with Gasteiger partial charge in [0.05, 0.1) is 6.04 Å². The van der Waals surface area contributed by atoms with Crippen LogP contribution in [0.5, 0.6) is 0 Å². The molecule has 3 atom stereocenters. The zero-order valence-corrected chi connectivity index (χ0v) is 20.0. The zero-order chi connectivity index (χ0) is 22.9. The van der Waals surface area contributed by atoms with E-state index in [-0.39, 0.29) is 11.9 Å². The van der Waals surface area contributed by atoms with Crippen molar-refractivity contribution in [2.24, 2.45) is 11.8 Å². The van der Waals surface area contributed by atoms with Gasteiger partial charge in [0, 0.05) is 49.0 Å². The topological polar surface area (TPSA) is 56.4 Å². The van der Waals surface area contributed by atoms with Gasteiger partial charge in [0.25, 0.3) is 5.91 Å². The summed E-state index contributed by atoms with van der Waals surface area (Å²) in [5, 5.41) is 10.00. The third-order valence-corrected chi connectivity index (χ3v) is 7.67. The maximum Gasteiger partial charge on any atom is 0.251 e. The maximum atomic E-state index is 12.0. The van der Waals surface area contributed by atoms with Gasteiger partial charge in [-0.2, -0.15) is 0 Å². The molecule has 0 saturated heterocycles. The smallest absolute Gasteiger partial charge is 0.251 e. The number of amides is 1. The van der Waals surface area contributed by atoms with Crippen molar-refractivity contribution in [2.75, 3.05) is 36.9 Å². The lowest BCUT2D eigenvalue weighted by molar-refractivity contribution is 0.0963. The number of fused-ring (bicyclic) bond motifs is 1. The molecule has 0 spiro atoms. The highest BCUT2D eigenvalue weighted by Crippen LogP contribution is 2.50. The second-order valence-corrected chi connectivity index (χ2v) is 9.71. The Hall–Kier alpha value is -2.79. The highest BCUT2D eigenvalue weighted by atomic mass is 16.1. The van der Waals surface area contributed by atoms with Crippen LogP contribution in [0, 0.1) is 11.8 Å². The van der Waals surface area contributed by atoms with Crippen molar-refractivity contribution in [1.29, 1.82) is 0 Å². The second kappa shape index (κ2) is 9.22. The fourth-order valence-electron chi connectivity index (χ4n) is 5.83. The molecule has 1 amide bonds. The number of anilines is 2. The number of hydrogen-bond donors (Lipinski definition) is 3. The van der Waals surface area contributed by atoms with Crippen molar-refractivity contribution in [2.45, 2.75) is 45.2 Å². The van der Waals surface area contributed by atoms with Crippen LogP contribution < -0.4 is 20.9 Å². The number of hydrogen-bond acceptors (Lipinski definition) is 4. The Balaban J connectivity index is 1.52. The summed E-state index contributed by atoms with van der Waals surface area (Å²) in [4.78, 5) is 14.6. The molecule has 2 aromatic rings. The molecular formula is C28H36N4O. The summed E-state index contributed by atoms with van der Waals surface area (Å²) in [5.74, 6) is 1.23. The van der Waals surface area contributed by atoms with E-state index in [2.05, 4.69) is 59.0 Å². The van der Waals surface area contributed by atoms with Gasteiger partial charge in [-0.1, -0.05) is 19.1 Å². The molecule has 5 heteroatoms. The SMILES string of the molecule is CCN1c2ccc(C3=CCNCC3)cc2[C@H](Nc2ccc(C(=O)NC)cc2)[C@@H](C)[C@@H]1C1CC1. The van der Waals surface area contributed by atoms with Crippen LogP contribution >= 0.6 is 0 Å². The molecule has 2 aromatic carbocycles. The molecule has 0 aromatic heterocycles. The lowest BCUT2D eigenvalue weighted by Crippen LogP contribution is -2.49. The normalized spacial score (nSPS) is 24.6. The van der Waals surface area contributed by atoms with Crippen molar-refractivity contribution in [3.63, 3.8) is 0 Å². The number of nitrogens with one attached hydrogen (secondary N) is 3. The molecule has 5 rings (SSSR count). The molecule has 1 fully saturated rings. The quantitative estimate of drug-likeness (QED) is 0.597. The number of carbonyl (C=O) groups excluding carboxylic acids is 1. The lowest BCUT2D eigenvalue weighted by Gasteiger charge is -2.47.